The number of carbonyl (C=O) groups is 2. The van der Waals surface area contributed by atoms with Crippen LogP contribution in [0.3, 0.4) is 0 Å². The Hall–Kier alpha value is -2.99. The Balaban J connectivity index is 1.81. The minimum Gasteiger partial charge on any atom is -0.496 e. The van der Waals surface area contributed by atoms with Crippen molar-refractivity contribution in [1.29, 1.82) is 0 Å². The van der Waals surface area contributed by atoms with E-state index >= 15 is 0 Å². The molecule has 12 heteroatoms. The van der Waals surface area contributed by atoms with E-state index in [1.54, 1.807) is 36.4 Å². The largest absolute Gasteiger partial charge is 0.496 e. The number of sulfonamides is 1. The first kappa shape index (κ1) is 25.6. The van der Waals surface area contributed by atoms with Gasteiger partial charge in [0.2, 0.25) is 0 Å². The summed E-state index contributed by atoms with van der Waals surface area (Å²) in [5, 5.41) is 2.39. The predicted molar refractivity (Wildman–Crippen MR) is 131 cm³/mol. The lowest BCUT2D eigenvalue weighted by Gasteiger charge is -2.13. The summed E-state index contributed by atoms with van der Waals surface area (Å²) in [4.78, 5) is 24.3. The van der Waals surface area contributed by atoms with Crippen LogP contribution in [-0.4, -0.2) is 40.3 Å². The molecule has 2 aromatic carbocycles. The average molecular weight is 524 g/mol. The molecule has 0 aliphatic heterocycles. The molecule has 3 N–H and O–H groups in total. The van der Waals surface area contributed by atoms with E-state index in [1.807, 2.05) is 4.72 Å². The first-order valence-corrected chi connectivity index (χ1v) is 12.6. The Morgan fingerprint density at radius 3 is 2.62 bits per heavy atom. The molecular weight excluding hydrogens is 502 g/mol. The maximum atomic E-state index is 12.9. The average Bonchev–Trinajstić information content (AvgIpc) is 3.33. The first-order valence-electron chi connectivity index (χ1n) is 9.94. The third-order valence-corrected chi connectivity index (χ3v) is 6.87. The molecule has 3 rings (SSSR count). The topological polar surface area (TPSA) is 127 Å². The van der Waals surface area contributed by atoms with E-state index in [0.29, 0.717) is 46.0 Å². The lowest BCUT2D eigenvalue weighted by molar-refractivity contribution is 0.0951. The minimum atomic E-state index is -4.20. The highest BCUT2D eigenvalue weighted by molar-refractivity contribution is 8.13. The summed E-state index contributed by atoms with van der Waals surface area (Å²) in [5.41, 5.74) is 1.22. The van der Waals surface area contributed by atoms with Crippen LogP contribution in [0.1, 0.15) is 15.9 Å². The summed E-state index contributed by atoms with van der Waals surface area (Å²) in [6.45, 7) is 0.218. The number of halogens is 1. The second kappa shape index (κ2) is 11.4. The maximum Gasteiger partial charge on any atom is 0.307 e. The molecule has 0 aliphatic rings. The van der Waals surface area contributed by atoms with Crippen LogP contribution in [0, 0.1) is 0 Å². The summed E-state index contributed by atoms with van der Waals surface area (Å²) in [6.07, 6.45) is 1.75. The zero-order valence-electron chi connectivity index (χ0n) is 18.3. The fourth-order valence-electron chi connectivity index (χ4n) is 3.13. The van der Waals surface area contributed by atoms with Gasteiger partial charge in [0.1, 0.15) is 11.5 Å². The van der Waals surface area contributed by atoms with Crippen molar-refractivity contribution in [3.8, 4) is 17.1 Å². The Morgan fingerprint density at radius 2 is 1.94 bits per heavy atom. The van der Waals surface area contributed by atoms with Crippen molar-refractivity contribution < 1.29 is 27.2 Å². The molecule has 0 bridgehead atoms. The van der Waals surface area contributed by atoms with Crippen LogP contribution in [0.25, 0.3) is 11.3 Å². The highest BCUT2D eigenvalue weighted by Gasteiger charge is 2.24. The number of nitrogens with one attached hydrogen (secondary N) is 3. The molecule has 3 aromatic rings. The Bertz CT molecular complexity index is 1280. The second-order valence-electron chi connectivity index (χ2n) is 6.86. The van der Waals surface area contributed by atoms with E-state index in [9.17, 15) is 18.0 Å². The molecule has 1 aromatic heterocycles. The molecular formula is C22H22ClN3O6S2. The van der Waals surface area contributed by atoms with Gasteiger partial charge in [0.15, 0.2) is 0 Å². The normalized spacial score (nSPS) is 11.1. The Kier molecular flexibility index (Phi) is 8.61. The molecule has 34 heavy (non-hydrogen) atoms. The van der Waals surface area contributed by atoms with Crippen molar-refractivity contribution in [3.63, 3.8) is 0 Å². The molecule has 0 saturated carbocycles. The highest BCUT2D eigenvalue weighted by Crippen LogP contribution is 2.29. The van der Waals surface area contributed by atoms with Gasteiger partial charge in [-0.05, 0) is 61.5 Å². The van der Waals surface area contributed by atoms with Gasteiger partial charge in [-0.2, -0.15) is 0 Å². The molecule has 0 aliphatic carbocycles. The number of amides is 2. The van der Waals surface area contributed by atoms with Gasteiger partial charge in [0.25, 0.3) is 15.9 Å². The maximum absolute atomic E-state index is 12.9. The molecule has 0 radical (unpaired) electrons. The number of furan rings is 1. The van der Waals surface area contributed by atoms with Crippen LogP contribution in [-0.2, 0) is 16.4 Å². The van der Waals surface area contributed by atoms with Gasteiger partial charge in [-0.15, -0.1) is 0 Å². The smallest absolute Gasteiger partial charge is 0.307 e. The van der Waals surface area contributed by atoms with Crippen LogP contribution < -0.4 is 19.5 Å². The summed E-state index contributed by atoms with van der Waals surface area (Å²) in [6, 6.07) is 12.8. The number of ether oxygens (including phenoxy) is 1. The first-order chi connectivity index (χ1) is 16.2. The van der Waals surface area contributed by atoms with Gasteiger partial charge in [-0.1, -0.05) is 17.7 Å². The van der Waals surface area contributed by atoms with Gasteiger partial charge in [0, 0.05) is 29.1 Å². The van der Waals surface area contributed by atoms with Gasteiger partial charge >= 0.3 is 5.24 Å². The van der Waals surface area contributed by atoms with Crippen LogP contribution in [0.4, 0.5) is 4.79 Å². The molecule has 0 saturated heterocycles. The van der Waals surface area contributed by atoms with E-state index < -0.39 is 15.3 Å². The Morgan fingerprint density at radius 1 is 1.15 bits per heavy atom. The van der Waals surface area contributed by atoms with Crippen molar-refractivity contribution >= 4 is 44.7 Å². The summed E-state index contributed by atoms with van der Waals surface area (Å²) in [5.74, 6) is 0.339. The minimum absolute atomic E-state index is 0.118. The van der Waals surface area contributed by atoms with E-state index in [1.165, 1.54) is 32.6 Å². The van der Waals surface area contributed by atoms with Crippen molar-refractivity contribution in [2.45, 2.75) is 11.3 Å². The number of rotatable bonds is 9. The third-order valence-electron chi connectivity index (χ3n) is 4.64. The van der Waals surface area contributed by atoms with Crippen molar-refractivity contribution in [1.82, 2.24) is 14.8 Å². The van der Waals surface area contributed by atoms with E-state index in [-0.39, 0.29) is 22.9 Å². The fraction of sp³-hybridized carbons (Fsp3) is 0.182. The summed E-state index contributed by atoms with van der Waals surface area (Å²) >= 11 is 6.59. The lowest BCUT2D eigenvalue weighted by atomic mass is 10.1. The van der Waals surface area contributed by atoms with Crippen LogP contribution in [0.15, 0.2) is 64.1 Å². The fourth-order valence-corrected chi connectivity index (χ4v) is 5.08. The monoisotopic (exact) mass is 523 g/mol. The molecule has 180 valence electrons. The zero-order valence-corrected chi connectivity index (χ0v) is 20.6. The van der Waals surface area contributed by atoms with Gasteiger partial charge in [-0.25, -0.2) is 13.1 Å². The number of hydrogen-bond donors (Lipinski definition) is 3. The lowest BCUT2D eigenvalue weighted by Crippen LogP contribution is -2.29. The quantitative estimate of drug-likeness (QED) is 0.361. The predicted octanol–water partition coefficient (Wildman–Crippen LogP) is 3.85. The number of hydrogen-bond acceptors (Lipinski definition) is 8. The molecule has 0 atom stereocenters. The summed E-state index contributed by atoms with van der Waals surface area (Å²) < 4.78 is 41.0. The van der Waals surface area contributed by atoms with Crippen molar-refractivity contribution in [2.24, 2.45) is 0 Å². The van der Waals surface area contributed by atoms with Gasteiger partial charge in [0.05, 0.1) is 23.8 Å². The molecule has 1 heterocycles. The van der Waals surface area contributed by atoms with Gasteiger partial charge in [-0.3, -0.25) is 14.3 Å². The number of methoxy groups -OCH3 is 1. The molecule has 0 spiro atoms. The second-order valence-corrected chi connectivity index (χ2v) is 9.93. The molecule has 9 nitrogen and oxygen atoms in total. The third kappa shape index (κ3) is 6.32. The number of carbonyl (C=O) groups excluding carboxylic acids is 2. The molecule has 0 fully saturated rings. The number of benzene rings is 2. The van der Waals surface area contributed by atoms with Crippen molar-refractivity contribution in [3.05, 3.63) is 70.9 Å². The zero-order chi connectivity index (χ0) is 24.7. The molecule has 0 unspecified atom stereocenters. The van der Waals surface area contributed by atoms with Crippen LogP contribution in [0.2, 0.25) is 5.02 Å². The molecule has 2 amide bonds. The van der Waals surface area contributed by atoms with Gasteiger partial charge < -0.3 is 14.5 Å². The Labute approximate surface area is 206 Å². The SMILES string of the molecule is CNSC(=O)NS(=O)(=O)c1cc(CCNC(=O)c2cc(Cl)ccc2OC)ccc1-c1ccco1. The summed E-state index contributed by atoms with van der Waals surface area (Å²) in [7, 11) is -1.24. The van der Waals surface area contributed by atoms with E-state index in [0.717, 1.165) is 0 Å². The van der Waals surface area contributed by atoms with E-state index in [4.69, 9.17) is 20.8 Å². The van der Waals surface area contributed by atoms with Crippen LogP contribution in [0.5, 0.6) is 5.75 Å². The van der Waals surface area contributed by atoms with E-state index in [2.05, 4.69) is 10.0 Å². The standard InChI is InChI=1S/C22H22ClN3O6S2/c1-24-33-22(28)26-34(29,30)20-12-14(5-7-16(20)19-4-3-11-32-19)9-10-25-21(27)17-13-15(23)6-8-18(17)31-2/h3-8,11-13,24H,9-10H2,1-2H3,(H,25,27)(H,26,28). The van der Waals surface area contributed by atoms with Crippen molar-refractivity contribution in [2.75, 3.05) is 20.7 Å². The van der Waals surface area contributed by atoms with Crippen LogP contribution >= 0.6 is 23.5 Å². The highest BCUT2D eigenvalue weighted by atomic mass is 35.5.